The molecule has 3 rings (SSSR count). The third kappa shape index (κ3) is 5.98. The highest BCUT2D eigenvalue weighted by Crippen LogP contribution is 2.08. The predicted molar refractivity (Wildman–Crippen MR) is 105 cm³/mol. The van der Waals surface area contributed by atoms with Crippen LogP contribution in [-0.4, -0.2) is 28.4 Å². The van der Waals surface area contributed by atoms with Crippen LogP contribution in [0.15, 0.2) is 67.0 Å². The summed E-state index contributed by atoms with van der Waals surface area (Å²) in [7, 11) is 0. The van der Waals surface area contributed by atoms with Gasteiger partial charge in [-0.25, -0.2) is 0 Å². The van der Waals surface area contributed by atoms with Gasteiger partial charge in [0.2, 0.25) is 5.91 Å². The number of hydrogen-bond donors (Lipinski definition) is 3. The van der Waals surface area contributed by atoms with Gasteiger partial charge in [-0.15, -0.1) is 0 Å². The maximum Gasteiger partial charge on any atom is 0.267 e. The number of rotatable bonds is 9. The van der Waals surface area contributed by atoms with E-state index in [2.05, 4.69) is 20.6 Å². The summed E-state index contributed by atoms with van der Waals surface area (Å²) < 4.78 is 5.51. The van der Waals surface area contributed by atoms with Crippen molar-refractivity contribution in [2.24, 2.45) is 0 Å². The van der Waals surface area contributed by atoms with E-state index in [-0.39, 0.29) is 18.2 Å². The van der Waals surface area contributed by atoms with Gasteiger partial charge in [-0.1, -0.05) is 18.2 Å². The summed E-state index contributed by atoms with van der Waals surface area (Å²) in [5.74, 6) is 0.462. The molecule has 3 N–H and O–H groups in total. The van der Waals surface area contributed by atoms with E-state index >= 15 is 0 Å². The number of carbonyl (C=O) groups is 2. The summed E-state index contributed by atoms with van der Waals surface area (Å²) in [6.07, 6.45) is 3.63. The third-order valence-electron chi connectivity index (χ3n) is 3.98. The van der Waals surface area contributed by atoms with Crippen molar-refractivity contribution in [1.29, 1.82) is 0 Å². The Morgan fingerprint density at radius 1 is 1.00 bits per heavy atom. The summed E-state index contributed by atoms with van der Waals surface area (Å²) in [5, 5.41) is 5.66. The maximum absolute atomic E-state index is 12.0. The molecule has 2 aromatic heterocycles. The molecule has 2 amide bonds. The van der Waals surface area contributed by atoms with E-state index in [0.29, 0.717) is 25.4 Å². The molecule has 1 aromatic carbocycles. The van der Waals surface area contributed by atoms with Crippen molar-refractivity contribution < 1.29 is 14.3 Å². The second-order valence-corrected chi connectivity index (χ2v) is 6.11. The number of aromatic amines is 1. The van der Waals surface area contributed by atoms with E-state index in [9.17, 15) is 9.59 Å². The van der Waals surface area contributed by atoms with Gasteiger partial charge in [0.25, 0.3) is 5.91 Å². The summed E-state index contributed by atoms with van der Waals surface area (Å²) in [6.45, 7) is 1.02. The van der Waals surface area contributed by atoms with Crippen LogP contribution in [0.25, 0.3) is 0 Å². The molecule has 0 saturated heterocycles. The molecule has 7 nitrogen and oxygen atoms in total. The molecule has 0 fully saturated rings. The molecule has 0 saturated carbocycles. The standard InChI is InChI=1S/C21H22N4O3/c26-20(9-12-28-18-5-2-1-3-6-18)24-15-17-13-16(8-11-22-17)14-25-21(27)19-7-4-10-23-19/h1-8,10-11,13,23H,9,12,14-15H2,(H,24,26)(H,25,27). The minimum absolute atomic E-state index is 0.108. The fourth-order valence-electron chi connectivity index (χ4n) is 2.54. The van der Waals surface area contributed by atoms with Crippen LogP contribution in [0.3, 0.4) is 0 Å². The lowest BCUT2D eigenvalue weighted by Crippen LogP contribution is -2.25. The molecule has 7 heteroatoms. The zero-order valence-electron chi connectivity index (χ0n) is 15.4. The average molecular weight is 378 g/mol. The number of nitrogens with one attached hydrogen (secondary N) is 3. The van der Waals surface area contributed by atoms with Crippen LogP contribution in [-0.2, 0) is 17.9 Å². The summed E-state index contributed by atoms with van der Waals surface area (Å²) in [5.41, 5.74) is 2.15. The number of carbonyl (C=O) groups excluding carboxylic acids is 2. The number of para-hydroxylation sites is 1. The number of ether oxygens (including phenoxy) is 1. The van der Waals surface area contributed by atoms with Gasteiger partial charge in [-0.2, -0.15) is 0 Å². The van der Waals surface area contributed by atoms with Crippen molar-refractivity contribution in [2.45, 2.75) is 19.5 Å². The molecule has 0 spiro atoms. The molecule has 0 aliphatic heterocycles. The quantitative estimate of drug-likeness (QED) is 0.533. The molecule has 28 heavy (non-hydrogen) atoms. The number of aromatic nitrogens is 2. The van der Waals surface area contributed by atoms with Gasteiger partial charge >= 0.3 is 0 Å². The fraction of sp³-hybridized carbons (Fsp3) is 0.190. The van der Waals surface area contributed by atoms with Gasteiger partial charge in [0.05, 0.1) is 25.3 Å². The van der Waals surface area contributed by atoms with Gasteiger partial charge in [-0.3, -0.25) is 14.6 Å². The smallest absolute Gasteiger partial charge is 0.267 e. The second-order valence-electron chi connectivity index (χ2n) is 6.11. The first-order valence-corrected chi connectivity index (χ1v) is 9.00. The van der Waals surface area contributed by atoms with Crippen molar-refractivity contribution in [3.8, 4) is 5.75 Å². The van der Waals surface area contributed by atoms with E-state index in [4.69, 9.17) is 4.74 Å². The highest BCUT2D eigenvalue weighted by Gasteiger charge is 2.07. The van der Waals surface area contributed by atoms with Gasteiger partial charge in [0.1, 0.15) is 11.4 Å². The van der Waals surface area contributed by atoms with Crippen molar-refractivity contribution in [3.63, 3.8) is 0 Å². The Labute approximate surface area is 163 Å². The van der Waals surface area contributed by atoms with Crippen molar-refractivity contribution in [2.75, 3.05) is 6.61 Å². The maximum atomic E-state index is 12.0. The average Bonchev–Trinajstić information content (AvgIpc) is 3.27. The van der Waals surface area contributed by atoms with E-state index in [1.165, 1.54) is 0 Å². The molecule has 0 radical (unpaired) electrons. The van der Waals surface area contributed by atoms with Crippen molar-refractivity contribution in [3.05, 3.63) is 83.9 Å². The van der Waals surface area contributed by atoms with Crippen LogP contribution in [0, 0.1) is 0 Å². The number of nitrogens with zero attached hydrogens (tertiary/aromatic N) is 1. The van der Waals surface area contributed by atoms with E-state index < -0.39 is 0 Å². The van der Waals surface area contributed by atoms with Crippen LogP contribution >= 0.6 is 0 Å². The van der Waals surface area contributed by atoms with E-state index in [0.717, 1.165) is 17.0 Å². The lowest BCUT2D eigenvalue weighted by Gasteiger charge is -2.08. The number of benzene rings is 1. The first kappa shape index (κ1) is 19.2. The molecule has 2 heterocycles. The summed E-state index contributed by atoms with van der Waals surface area (Å²) in [4.78, 5) is 31.0. The SMILES string of the molecule is O=C(CCOc1ccccc1)NCc1cc(CNC(=O)c2ccc[nH]2)ccn1. The molecule has 144 valence electrons. The Hall–Kier alpha value is -3.61. The number of amides is 2. The number of H-pyrrole nitrogens is 1. The largest absolute Gasteiger partial charge is 0.493 e. The predicted octanol–water partition coefficient (Wildman–Crippen LogP) is 2.42. The Balaban J connectivity index is 1.40. The molecular formula is C21H22N4O3. The van der Waals surface area contributed by atoms with E-state index in [1.807, 2.05) is 42.5 Å². The summed E-state index contributed by atoms with van der Waals surface area (Å²) in [6, 6.07) is 16.5. The van der Waals surface area contributed by atoms with Gasteiger partial charge < -0.3 is 20.4 Å². The molecule has 0 bridgehead atoms. The summed E-state index contributed by atoms with van der Waals surface area (Å²) >= 11 is 0. The Morgan fingerprint density at radius 2 is 1.86 bits per heavy atom. The van der Waals surface area contributed by atoms with Gasteiger partial charge in [0, 0.05) is 18.9 Å². The van der Waals surface area contributed by atoms with Gasteiger partial charge in [0.15, 0.2) is 0 Å². The Morgan fingerprint density at radius 3 is 2.64 bits per heavy atom. The van der Waals surface area contributed by atoms with Crippen molar-refractivity contribution >= 4 is 11.8 Å². The third-order valence-corrected chi connectivity index (χ3v) is 3.98. The molecular weight excluding hydrogens is 356 g/mol. The Kier molecular flexibility index (Phi) is 6.78. The normalized spacial score (nSPS) is 10.3. The van der Waals surface area contributed by atoms with Gasteiger partial charge in [-0.05, 0) is 42.0 Å². The highest BCUT2D eigenvalue weighted by molar-refractivity contribution is 5.92. The molecule has 0 unspecified atom stereocenters. The van der Waals surface area contributed by atoms with Crippen LogP contribution < -0.4 is 15.4 Å². The number of hydrogen-bond acceptors (Lipinski definition) is 4. The molecule has 0 aliphatic rings. The minimum atomic E-state index is -0.171. The number of pyridine rings is 1. The second kappa shape index (κ2) is 9.91. The molecule has 0 atom stereocenters. The first-order valence-electron chi connectivity index (χ1n) is 9.00. The molecule has 3 aromatic rings. The van der Waals surface area contributed by atoms with Crippen LogP contribution in [0.1, 0.15) is 28.2 Å². The van der Waals surface area contributed by atoms with E-state index in [1.54, 1.807) is 24.5 Å². The highest BCUT2D eigenvalue weighted by atomic mass is 16.5. The zero-order chi connectivity index (χ0) is 19.6. The van der Waals surface area contributed by atoms with Crippen LogP contribution in [0.2, 0.25) is 0 Å². The fourth-order valence-corrected chi connectivity index (χ4v) is 2.54. The molecule has 0 aliphatic carbocycles. The van der Waals surface area contributed by atoms with Crippen LogP contribution in [0.4, 0.5) is 0 Å². The lowest BCUT2D eigenvalue weighted by atomic mass is 10.2. The van der Waals surface area contributed by atoms with Crippen molar-refractivity contribution in [1.82, 2.24) is 20.6 Å². The topological polar surface area (TPSA) is 96.1 Å². The lowest BCUT2D eigenvalue weighted by molar-refractivity contribution is -0.121. The Bertz CT molecular complexity index is 895. The van der Waals surface area contributed by atoms with Crippen LogP contribution in [0.5, 0.6) is 5.75 Å². The zero-order valence-corrected chi connectivity index (χ0v) is 15.4. The minimum Gasteiger partial charge on any atom is -0.493 e. The first-order chi connectivity index (χ1) is 13.7. The monoisotopic (exact) mass is 378 g/mol.